The van der Waals surface area contributed by atoms with Crippen LogP contribution in [-0.4, -0.2) is 30.3 Å². The van der Waals surface area contributed by atoms with Crippen molar-refractivity contribution in [1.82, 2.24) is 4.98 Å². The summed E-state index contributed by atoms with van der Waals surface area (Å²) in [7, 11) is 0. The number of halogens is 2. The number of rotatable bonds is 1. The van der Waals surface area contributed by atoms with E-state index in [1.54, 1.807) is 6.07 Å². The van der Waals surface area contributed by atoms with Crippen LogP contribution in [0.5, 0.6) is 0 Å². The molecule has 3 nitrogen and oxygen atoms in total. The van der Waals surface area contributed by atoms with Crippen molar-refractivity contribution in [3.63, 3.8) is 0 Å². The Morgan fingerprint density at radius 1 is 1.47 bits per heavy atom. The lowest BCUT2D eigenvalue weighted by atomic mass is 9.86. The molecule has 1 aromatic heterocycles. The minimum Gasteiger partial charge on any atom is -0.371 e. The summed E-state index contributed by atoms with van der Waals surface area (Å²) in [4.78, 5) is 6.50. The van der Waals surface area contributed by atoms with Crippen LogP contribution in [-0.2, 0) is 4.74 Å². The Morgan fingerprint density at radius 3 is 2.80 bits per heavy atom. The molecule has 3 heterocycles. The lowest BCUT2D eigenvalue weighted by Gasteiger charge is -2.55. The highest BCUT2D eigenvalue weighted by atomic mass is 79.9. The molecule has 2 aliphatic heterocycles. The first-order valence-electron chi connectivity index (χ1n) is 4.90. The van der Waals surface area contributed by atoms with Crippen LogP contribution >= 0.6 is 27.5 Å². The first-order valence-corrected chi connectivity index (χ1v) is 6.07. The fourth-order valence-corrected chi connectivity index (χ4v) is 2.68. The van der Waals surface area contributed by atoms with Gasteiger partial charge in [-0.2, -0.15) is 0 Å². The summed E-state index contributed by atoms with van der Waals surface area (Å²) in [6.07, 6.45) is 1.17. The Morgan fingerprint density at radius 2 is 2.20 bits per heavy atom. The van der Waals surface area contributed by atoms with E-state index in [1.807, 2.05) is 6.07 Å². The maximum atomic E-state index is 5.87. The van der Waals surface area contributed by atoms with Gasteiger partial charge in [0.25, 0.3) is 0 Å². The number of nitrogens with zero attached hydrogens (tertiary/aromatic N) is 2. The SMILES string of the molecule is Clc1ccc(Br)c(N2CC3(CCO3)C2)n1. The third kappa shape index (κ3) is 1.55. The molecule has 15 heavy (non-hydrogen) atoms. The average molecular weight is 290 g/mol. The molecular weight excluding hydrogens is 279 g/mol. The summed E-state index contributed by atoms with van der Waals surface area (Å²) >= 11 is 9.35. The van der Waals surface area contributed by atoms with Crippen molar-refractivity contribution in [3.05, 3.63) is 21.8 Å². The van der Waals surface area contributed by atoms with Gasteiger partial charge in [0.2, 0.25) is 0 Å². The van der Waals surface area contributed by atoms with Crippen LogP contribution in [0, 0.1) is 0 Å². The highest BCUT2D eigenvalue weighted by Gasteiger charge is 2.49. The normalized spacial score (nSPS) is 22.4. The van der Waals surface area contributed by atoms with Crippen molar-refractivity contribution in [3.8, 4) is 0 Å². The predicted molar refractivity (Wildman–Crippen MR) is 62.5 cm³/mol. The summed E-state index contributed by atoms with van der Waals surface area (Å²) in [6, 6.07) is 3.71. The maximum absolute atomic E-state index is 5.87. The molecule has 80 valence electrons. The molecule has 5 heteroatoms. The summed E-state index contributed by atoms with van der Waals surface area (Å²) in [5.41, 5.74) is 0.128. The largest absolute Gasteiger partial charge is 0.371 e. The molecule has 2 fully saturated rings. The van der Waals surface area contributed by atoms with Crippen molar-refractivity contribution in [1.29, 1.82) is 0 Å². The van der Waals surface area contributed by atoms with Crippen LogP contribution < -0.4 is 4.90 Å². The molecule has 0 amide bonds. The van der Waals surface area contributed by atoms with E-state index in [0.717, 1.165) is 30.0 Å². The third-order valence-corrected chi connectivity index (χ3v) is 3.85. The van der Waals surface area contributed by atoms with Crippen LogP contribution in [0.1, 0.15) is 6.42 Å². The lowest BCUT2D eigenvalue weighted by molar-refractivity contribution is -0.161. The smallest absolute Gasteiger partial charge is 0.144 e. The summed E-state index contributed by atoms with van der Waals surface area (Å²) in [5.74, 6) is 0.920. The molecule has 2 aliphatic rings. The number of anilines is 1. The van der Waals surface area contributed by atoms with Gasteiger partial charge in [-0.05, 0) is 28.1 Å². The Labute approximate surface area is 102 Å². The van der Waals surface area contributed by atoms with Crippen LogP contribution in [0.25, 0.3) is 0 Å². The Hall–Kier alpha value is -0.320. The first kappa shape index (κ1) is 9.87. The number of hydrogen-bond donors (Lipinski definition) is 0. The van der Waals surface area contributed by atoms with Gasteiger partial charge in [0.15, 0.2) is 0 Å². The van der Waals surface area contributed by atoms with Gasteiger partial charge in [0.05, 0.1) is 24.2 Å². The zero-order valence-corrected chi connectivity index (χ0v) is 10.4. The predicted octanol–water partition coefficient (Wildman–Crippen LogP) is 2.48. The van der Waals surface area contributed by atoms with Gasteiger partial charge in [-0.1, -0.05) is 11.6 Å². The quantitative estimate of drug-likeness (QED) is 0.743. The fourth-order valence-electron chi connectivity index (χ4n) is 2.07. The Balaban J connectivity index is 1.80. The molecular formula is C10H10BrClN2O. The van der Waals surface area contributed by atoms with Crippen LogP contribution in [0.15, 0.2) is 16.6 Å². The van der Waals surface area contributed by atoms with Gasteiger partial charge < -0.3 is 9.64 Å². The third-order valence-electron chi connectivity index (χ3n) is 3.02. The molecule has 0 radical (unpaired) electrons. The molecule has 0 N–H and O–H groups in total. The van der Waals surface area contributed by atoms with Crippen molar-refractivity contribution >= 4 is 33.3 Å². The highest BCUT2D eigenvalue weighted by Crippen LogP contribution is 2.40. The average Bonchev–Trinajstić information content (AvgIpc) is 2.06. The van der Waals surface area contributed by atoms with Gasteiger partial charge in [-0.25, -0.2) is 4.98 Å². The van der Waals surface area contributed by atoms with Crippen molar-refractivity contribution < 1.29 is 4.74 Å². The second-order valence-corrected chi connectivity index (χ2v) is 5.32. The number of ether oxygens (including phenoxy) is 1. The number of aromatic nitrogens is 1. The van der Waals surface area contributed by atoms with Crippen molar-refractivity contribution in [2.75, 3.05) is 24.6 Å². The monoisotopic (exact) mass is 288 g/mol. The van der Waals surface area contributed by atoms with Gasteiger partial charge in [0, 0.05) is 6.42 Å². The second kappa shape index (κ2) is 3.34. The summed E-state index contributed by atoms with van der Waals surface area (Å²) < 4.78 is 6.55. The minimum atomic E-state index is 0.128. The second-order valence-electron chi connectivity index (χ2n) is 4.08. The molecule has 0 saturated carbocycles. The van der Waals surface area contributed by atoms with Crippen LogP contribution in [0.4, 0.5) is 5.82 Å². The molecule has 0 atom stereocenters. The van der Waals surface area contributed by atoms with Crippen molar-refractivity contribution in [2.24, 2.45) is 0 Å². The Bertz CT molecular complexity index is 400. The van der Waals surface area contributed by atoms with Crippen LogP contribution in [0.2, 0.25) is 5.15 Å². The van der Waals surface area contributed by atoms with E-state index in [0.29, 0.717) is 5.15 Å². The van der Waals surface area contributed by atoms with E-state index in [1.165, 1.54) is 6.42 Å². The van der Waals surface area contributed by atoms with Gasteiger partial charge >= 0.3 is 0 Å². The van der Waals surface area contributed by atoms with Crippen molar-refractivity contribution in [2.45, 2.75) is 12.0 Å². The van der Waals surface area contributed by atoms with Gasteiger partial charge in [0.1, 0.15) is 16.6 Å². The molecule has 2 saturated heterocycles. The Kier molecular flexibility index (Phi) is 2.20. The van der Waals surface area contributed by atoms with E-state index in [9.17, 15) is 0 Å². The van der Waals surface area contributed by atoms with Crippen LogP contribution in [0.3, 0.4) is 0 Å². The molecule has 0 bridgehead atoms. The van der Waals surface area contributed by atoms with E-state index >= 15 is 0 Å². The molecule has 0 aromatic carbocycles. The first-order chi connectivity index (χ1) is 7.19. The maximum Gasteiger partial charge on any atom is 0.144 e. The molecule has 1 aromatic rings. The minimum absolute atomic E-state index is 0.128. The molecule has 3 rings (SSSR count). The molecule has 0 unspecified atom stereocenters. The number of hydrogen-bond acceptors (Lipinski definition) is 3. The zero-order chi connectivity index (χ0) is 10.5. The molecule has 1 spiro atoms. The van der Waals surface area contributed by atoms with E-state index in [-0.39, 0.29) is 5.60 Å². The standard InChI is InChI=1S/C10H10BrClN2O/c11-7-1-2-8(12)13-9(7)14-5-10(6-14)3-4-15-10/h1-2H,3-6H2. The zero-order valence-electron chi connectivity index (χ0n) is 8.04. The summed E-state index contributed by atoms with van der Waals surface area (Å²) in [5, 5.41) is 0.531. The lowest BCUT2D eigenvalue weighted by Crippen LogP contribution is -2.68. The topological polar surface area (TPSA) is 25.4 Å². The van der Waals surface area contributed by atoms with E-state index in [4.69, 9.17) is 16.3 Å². The summed E-state index contributed by atoms with van der Waals surface area (Å²) in [6.45, 7) is 2.76. The molecule has 0 aliphatic carbocycles. The fraction of sp³-hybridized carbons (Fsp3) is 0.500. The van der Waals surface area contributed by atoms with E-state index < -0.39 is 0 Å². The highest BCUT2D eigenvalue weighted by molar-refractivity contribution is 9.10. The van der Waals surface area contributed by atoms with E-state index in [2.05, 4.69) is 25.8 Å². The van der Waals surface area contributed by atoms with Gasteiger partial charge in [-0.15, -0.1) is 0 Å². The van der Waals surface area contributed by atoms with Gasteiger partial charge in [-0.3, -0.25) is 0 Å². The number of pyridine rings is 1.